The van der Waals surface area contributed by atoms with E-state index in [1.54, 1.807) is 4.90 Å². The maximum absolute atomic E-state index is 12.4. The van der Waals surface area contributed by atoms with Gasteiger partial charge in [0.25, 0.3) is 0 Å². The summed E-state index contributed by atoms with van der Waals surface area (Å²) in [6.45, 7) is 6.73. The standard InChI is InChI=1S/C16H22N2O2/c1-11(2)15-16(20)18(10-14(19)17-15)9-12(3)13-7-5-4-6-8-13/h4-8,11-12,15H,9-10H2,1-3H3,(H,17,19). The van der Waals surface area contributed by atoms with Gasteiger partial charge in [-0.3, -0.25) is 9.59 Å². The van der Waals surface area contributed by atoms with Crippen LogP contribution in [0.3, 0.4) is 0 Å². The van der Waals surface area contributed by atoms with Gasteiger partial charge >= 0.3 is 0 Å². The molecule has 1 N–H and O–H groups in total. The van der Waals surface area contributed by atoms with Crippen molar-refractivity contribution in [3.63, 3.8) is 0 Å². The summed E-state index contributed by atoms with van der Waals surface area (Å²) in [5, 5.41) is 2.78. The Morgan fingerprint density at radius 2 is 1.85 bits per heavy atom. The van der Waals surface area contributed by atoms with Crippen LogP contribution in [0.25, 0.3) is 0 Å². The van der Waals surface area contributed by atoms with Crippen molar-refractivity contribution in [2.24, 2.45) is 5.92 Å². The summed E-state index contributed by atoms with van der Waals surface area (Å²) in [6.07, 6.45) is 0. The second-order valence-corrected chi connectivity index (χ2v) is 5.82. The molecule has 108 valence electrons. The molecule has 0 radical (unpaired) electrons. The SMILES string of the molecule is CC(CN1CC(=O)NC(C(C)C)C1=O)c1ccccc1. The zero-order chi connectivity index (χ0) is 14.7. The fourth-order valence-corrected chi connectivity index (χ4v) is 2.55. The summed E-state index contributed by atoms with van der Waals surface area (Å²) in [4.78, 5) is 25.8. The molecule has 2 atom stereocenters. The molecule has 1 fully saturated rings. The topological polar surface area (TPSA) is 49.4 Å². The third kappa shape index (κ3) is 3.18. The highest BCUT2D eigenvalue weighted by Gasteiger charge is 2.34. The van der Waals surface area contributed by atoms with E-state index < -0.39 is 0 Å². The molecule has 2 unspecified atom stereocenters. The Bertz CT molecular complexity index is 485. The van der Waals surface area contributed by atoms with Gasteiger partial charge in [-0.2, -0.15) is 0 Å². The highest BCUT2D eigenvalue weighted by molar-refractivity contribution is 5.95. The van der Waals surface area contributed by atoms with Crippen molar-refractivity contribution < 1.29 is 9.59 Å². The lowest BCUT2D eigenvalue weighted by Gasteiger charge is -2.35. The third-order valence-electron chi connectivity index (χ3n) is 3.76. The Balaban J connectivity index is 2.08. The lowest BCUT2D eigenvalue weighted by atomic mass is 9.97. The monoisotopic (exact) mass is 274 g/mol. The molecule has 1 aromatic rings. The Labute approximate surface area is 120 Å². The molecule has 0 bridgehead atoms. The van der Waals surface area contributed by atoms with Gasteiger partial charge in [0.15, 0.2) is 0 Å². The first-order valence-corrected chi connectivity index (χ1v) is 7.12. The smallest absolute Gasteiger partial charge is 0.245 e. The molecule has 4 heteroatoms. The minimum Gasteiger partial charge on any atom is -0.343 e. The van der Waals surface area contributed by atoms with Crippen LogP contribution < -0.4 is 5.32 Å². The van der Waals surface area contributed by atoms with Crippen LogP contribution in [0.4, 0.5) is 0 Å². The molecule has 1 aliphatic heterocycles. The zero-order valence-electron chi connectivity index (χ0n) is 12.3. The zero-order valence-corrected chi connectivity index (χ0v) is 12.3. The van der Waals surface area contributed by atoms with Crippen molar-refractivity contribution in [3.8, 4) is 0 Å². The van der Waals surface area contributed by atoms with Crippen molar-refractivity contribution in [2.75, 3.05) is 13.1 Å². The summed E-state index contributed by atoms with van der Waals surface area (Å²) in [5.74, 6) is 0.297. The van der Waals surface area contributed by atoms with E-state index in [9.17, 15) is 9.59 Å². The average molecular weight is 274 g/mol. The number of hydrogen-bond donors (Lipinski definition) is 1. The highest BCUT2D eigenvalue weighted by atomic mass is 16.2. The van der Waals surface area contributed by atoms with Gasteiger partial charge < -0.3 is 10.2 Å². The summed E-state index contributed by atoms with van der Waals surface area (Å²) < 4.78 is 0. The molecule has 1 aromatic carbocycles. The van der Waals surface area contributed by atoms with Crippen LogP contribution in [0.5, 0.6) is 0 Å². The van der Waals surface area contributed by atoms with E-state index in [4.69, 9.17) is 0 Å². The van der Waals surface area contributed by atoms with Crippen molar-refractivity contribution in [1.29, 1.82) is 0 Å². The number of hydrogen-bond acceptors (Lipinski definition) is 2. The van der Waals surface area contributed by atoms with Crippen LogP contribution in [0.1, 0.15) is 32.3 Å². The number of nitrogens with zero attached hydrogens (tertiary/aromatic N) is 1. The first-order valence-electron chi connectivity index (χ1n) is 7.12. The number of amides is 2. The van der Waals surface area contributed by atoms with Gasteiger partial charge in [0, 0.05) is 6.54 Å². The van der Waals surface area contributed by atoms with Crippen molar-refractivity contribution in [1.82, 2.24) is 10.2 Å². The predicted molar refractivity (Wildman–Crippen MR) is 78.2 cm³/mol. The first kappa shape index (κ1) is 14.6. The second kappa shape index (κ2) is 6.07. The van der Waals surface area contributed by atoms with Crippen molar-refractivity contribution in [2.45, 2.75) is 32.7 Å². The molecule has 2 rings (SSSR count). The number of piperazine rings is 1. The molecule has 20 heavy (non-hydrogen) atoms. The molecular formula is C16H22N2O2. The number of rotatable bonds is 4. The fraction of sp³-hybridized carbons (Fsp3) is 0.500. The Hall–Kier alpha value is -1.84. The maximum atomic E-state index is 12.4. The predicted octanol–water partition coefficient (Wildman–Crippen LogP) is 1.77. The third-order valence-corrected chi connectivity index (χ3v) is 3.76. The summed E-state index contributed by atoms with van der Waals surface area (Å²) >= 11 is 0. The van der Waals surface area contributed by atoms with Gasteiger partial charge in [-0.05, 0) is 17.4 Å². The molecule has 0 saturated carbocycles. The quantitative estimate of drug-likeness (QED) is 0.909. The van der Waals surface area contributed by atoms with Crippen LogP contribution in [0, 0.1) is 5.92 Å². The van der Waals surface area contributed by atoms with E-state index in [0.717, 1.165) is 0 Å². The highest BCUT2D eigenvalue weighted by Crippen LogP contribution is 2.19. The molecule has 0 aliphatic carbocycles. The largest absolute Gasteiger partial charge is 0.343 e. The molecule has 0 spiro atoms. The van der Waals surface area contributed by atoms with E-state index >= 15 is 0 Å². The van der Waals surface area contributed by atoms with Crippen LogP contribution in [0.2, 0.25) is 0 Å². The van der Waals surface area contributed by atoms with E-state index in [1.165, 1.54) is 5.56 Å². The number of benzene rings is 1. The maximum Gasteiger partial charge on any atom is 0.245 e. The Morgan fingerprint density at radius 3 is 2.45 bits per heavy atom. The van der Waals surface area contributed by atoms with E-state index in [0.29, 0.717) is 6.54 Å². The van der Waals surface area contributed by atoms with Crippen LogP contribution >= 0.6 is 0 Å². The lowest BCUT2D eigenvalue weighted by molar-refractivity contribution is -0.145. The molecule has 4 nitrogen and oxygen atoms in total. The molecule has 2 amide bonds. The summed E-state index contributed by atoms with van der Waals surface area (Å²) in [7, 11) is 0. The molecule has 0 aromatic heterocycles. The summed E-state index contributed by atoms with van der Waals surface area (Å²) in [5.41, 5.74) is 1.19. The van der Waals surface area contributed by atoms with Crippen LogP contribution in [-0.4, -0.2) is 35.8 Å². The van der Waals surface area contributed by atoms with Gasteiger partial charge in [0.2, 0.25) is 11.8 Å². The van der Waals surface area contributed by atoms with Gasteiger partial charge in [-0.1, -0.05) is 51.1 Å². The van der Waals surface area contributed by atoms with Gasteiger partial charge in [0.1, 0.15) is 6.04 Å². The fourth-order valence-electron chi connectivity index (χ4n) is 2.55. The second-order valence-electron chi connectivity index (χ2n) is 5.82. The van der Waals surface area contributed by atoms with E-state index in [2.05, 4.69) is 24.4 Å². The first-order chi connectivity index (χ1) is 9.49. The normalized spacial score (nSPS) is 21.0. The molecule has 1 saturated heterocycles. The van der Waals surface area contributed by atoms with Crippen molar-refractivity contribution >= 4 is 11.8 Å². The Morgan fingerprint density at radius 1 is 1.20 bits per heavy atom. The minimum atomic E-state index is -0.390. The van der Waals surface area contributed by atoms with Gasteiger partial charge in [0.05, 0.1) is 6.54 Å². The minimum absolute atomic E-state index is 0.0300. The summed E-state index contributed by atoms with van der Waals surface area (Å²) in [6, 6.07) is 9.68. The molecular weight excluding hydrogens is 252 g/mol. The van der Waals surface area contributed by atoms with Crippen molar-refractivity contribution in [3.05, 3.63) is 35.9 Å². The number of carbonyl (C=O) groups is 2. The van der Waals surface area contributed by atoms with E-state index in [1.807, 2.05) is 32.0 Å². The number of carbonyl (C=O) groups excluding carboxylic acids is 2. The van der Waals surface area contributed by atoms with Gasteiger partial charge in [-0.25, -0.2) is 0 Å². The molecule has 1 heterocycles. The average Bonchev–Trinajstić information content (AvgIpc) is 2.43. The van der Waals surface area contributed by atoms with E-state index in [-0.39, 0.29) is 36.2 Å². The molecule has 1 aliphatic rings. The Kier molecular flexibility index (Phi) is 4.42. The van der Waals surface area contributed by atoms with Gasteiger partial charge in [-0.15, -0.1) is 0 Å². The van der Waals surface area contributed by atoms with Crippen LogP contribution in [0.15, 0.2) is 30.3 Å². The number of nitrogens with one attached hydrogen (secondary N) is 1. The van der Waals surface area contributed by atoms with Crippen LogP contribution in [-0.2, 0) is 9.59 Å². The lowest BCUT2D eigenvalue weighted by Crippen LogP contribution is -2.60.